The number of fused-ring (bicyclic) bond motifs is 1. The van der Waals surface area contributed by atoms with Gasteiger partial charge in [0.05, 0.1) is 18.5 Å². The first-order valence-corrected chi connectivity index (χ1v) is 5.08. The van der Waals surface area contributed by atoms with Crippen molar-refractivity contribution in [3.8, 4) is 0 Å². The number of carbonyl (C=O) groups is 1. The summed E-state index contributed by atoms with van der Waals surface area (Å²) in [5, 5.41) is 10.5. The third kappa shape index (κ3) is 2.76. The molecule has 1 aliphatic heterocycles. The molecule has 2 rings (SSSR count). The smallest absolute Gasteiger partial charge is 0.220 e. The van der Waals surface area contributed by atoms with Crippen LogP contribution in [0.1, 0.15) is 18.5 Å². The van der Waals surface area contributed by atoms with Crippen molar-refractivity contribution in [2.75, 3.05) is 13.2 Å². The summed E-state index contributed by atoms with van der Waals surface area (Å²) in [6.07, 6.45) is 3.90. The van der Waals surface area contributed by atoms with Crippen molar-refractivity contribution in [2.45, 2.75) is 26.0 Å². The number of amides is 1. The first-order chi connectivity index (χ1) is 7.36. The number of hydrogen-bond acceptors (Lipinski definition) is 4. The molecule has 0 unspecified atom stereocenters. The molecule has 0 atom stereocenters. The van der Waals surface area contributed by atoms with E-state index in [1.54, 1.807) is 10.9 Å². The first-order valence-electron chi connectivity index (χ1n) is 5.08. The minimum Gasteiger partial charge on any atom is -0.357 e. The van der Waals surface area contributed by atoms with Gasteiger partial charge in [-0.2, -0.15) is 0 Å². The van der Waals surface area contributed by atoms with E-state index in [1.165, 1.54) is 0 Å². The molecule has 0 saturated carbocycles. The fraction of sp³-hybridized carbons (Fsp3) is 0.667. The standard InChI is InChI=1S/C9H14N4O2/c14-9-3-1-2-8-6-11-12-13(8)7-15-5-4-10-9/h6H,1-5,7H2,(H,10,14). The van der Waals surface area contributed by atoms with Crippen LogP contribution in [0.25, 0.3) is 0 Å². The largest absolute Gasteiger partial charge is 0.357 e. The van der Waals surface area contributed by atoms with Crippen molar-refractivity contribution in [1.82, 2.24) is 20.3 Å². The van der Waals surface area contributed by atoms with Crippen LogP contribution >= 0.6 is 0 Å². The Morgan fingerprint density at radius 2 is 2.40 bits per heavy atom. The van der Waals surface area contributed by atoms with Crippen LogP contribution in [0.3, 0.4) is 0 Å². The number of nitrogens with zero attached hydrogens (tertiary/aromatic N) is 3. The Morgan fingerprint density at radius 3 is 3.33 bits per heavy atom. The lowest BCUT2D eigenvalue weighted by Gasteiger charge is -2.05. The topological polar surface area (TPSA) is 69.0 Å². The van der Waals surface area contributed by atoms with Crippen LogP contribution in [-0.2, 0) is 22.7 Å². The lowest BCUT2D eigenvalue weighted by Crippen LogP contribution is -2.26. The van der Waals surface area contributed by atoms with Crippen LogP contribution in [0, 0.1) is 0 Å². The zero-order valence-electron chi connectivity index (χ0n) is 8.48. The predicted octanol–water partition coefficient (Wildman–Crippen LogP) is -0.295. The summed E-state index contributed by atoms with van der Waals surface area (Å²) >= 11 is 0. The van der Waals surface area contributed by atoms with E-state index in [0.717, 1.165) is 18.5 Å². The number of rotatable bonds is 0. The van der Waals surface area contributed by atoms with Crippen molar-refractivity contribution in [2.24, 2.45) is 0 Å². The summed E-state index contributed by atoms with van der Waals surface area (Å²) in [6, 6.07) is 0. The molecule has 1 aliphatic rings. The van der Waals surface area contributed by atoms with Crippen molar-refractivity contribution in [1.29, 1.82) is 0 Å². The van der Waals surface area contributed by atoms with Crippen LogP contribution in [0.5, 0.6) is 0 Å². The lowest BCUT2D eigenvalue weighted by molar-refractivity contribution is -0.121. The monoisotopic (exact) mass is 210 g/mol. The number of aromatic nitrogens is 3. The van der Waals surface area contributed by atoms with Gasteiger partial charge in [0, 0.05) is 13.0 Å². The number of aryl methyl sites for hydroxylation is 1. The van der Waals surface area contributed by atoms with Gasteiger partial charge in [0.15, 0.2) is 0 Å². The van der Waals surface area contributed by atoms with Gasteiger partial charge in [-0.05, 0) is 12.8 Å². The van der Waals surface area contributed by atoms with E-state index in [0.29, 0.717) is 26.3 Å². The molecule has 15 heavy (non-hydrogen) atoms. The summed E-state index contributed by atoms with van der Waals surface area (Å²) in [5.74, 6) is 0.0829. The minimum absolute atomic E-state index is 0.0829. The van der Waals surface area contributed by atoms with Gasteiger partial charge in [-0.1, -0.05) is 5.21 Å². The zero-order valence-corrected chi connectivity index (χ0v) is 8.48. The second-order valence-electron chi connectivity index (χ2n) is 3.47. The Morgan fingerprint density at radius 1 is 1.47 bits per heavy atom. The summed E-state index contributed by atoms with van der Waals surface area (Å²) in [4.78, 5) is 11.3. The highest BCUT2D eigenvalue weighted by molar-refractivity contribution is 5.75. The summed E-state index contributed by atoms with van der Waals surface area (Å²) in [6.45, 7) is 1.47. The highest BCUT2D eigenvalue weighted by Gasteiger charge is 2.07. The van der Waals surface area contributed by atoms with E-state index in [1.807, 2.05) is 0 Å². The molecule has 1 N–H and O–H groups in total. The highest BCUT2D eigenvalue weighted by Crippen LogP contribution is 2.04. The SMILES string of the molecule is O=C1CCCc2cnnn2COCCN1. The third-order valence-electron chi connectivity index (χ3n) is 2.32. The molecule has 0 saturated heterocycles. The Labute approximate surface area is 87.6 Å². The molecule has 0 spiro atoms. The molecule has 1 aromatic rings. The molecule has 1 aromatic heterocycles. The molecule has 1 amide bonds. The van der Waals surface area contributed by atoms with E-state index < -0.39 is 0 Å². The van der Waals surface area contributed by atoms with E-state index in [9.17, 15) is 4.79 Å². The number of ether oxygens (including phenoxy) is 1. The molecule has 82 valence electrons. The fourth-order valence-corrected chi connectivity index (χ4v) is 1.51. The van der Waals surface area contributed by atoms with Crippen molar-refractivity contribution in [3.05, 3.63) is 11.9 Å². The summed E-state index contributed by atoms with van der Waals surface area (Å²) in [7, 11) is 0. The molecular formula is C9H14N4O2. The Hall–Kier alpha value is -1.43. The molecule has 6 heteroatoms. The van der Waals surface area contributed by atoms with Gasteiger partial charge in [0.25, 0.3) is 0 Å². The van der Waals surface area contributed by atoms with E-state index in [4.69, 9.17) is 4.74 Å². The number of nitrogens with one attached hydrogen (secondary N) is 1. The average Bonchev–Trinajstić information content (AvgIpc) is 2.64. The zero-order chi connectivity index (χ0) is 10.5. The maximum absolute atomic E-state index is 11.3. The van der Waals surface area contributed by atoms with Gasteiger partial charge in [0.1, 0.15) is 6.73 Å². The lowest BCUT2D eigenvalue weighted by atomic mass is 10.2. The van der Waals surface area contributed by atoms with Crippen LogP contribution in [-0.4, -0.2) is 34.1 Å². The first kappa shape index (κ1) is 10.1. The van der Waals surface area contributed by atoms with Gasteiger partial charge in [-0.3, -0.25) is 4.79 Å². The second kappa shape index (κ2) is 4.88. The molecule has 0 fully saturated rings. The Balaban J connectivity index is 2.01. The Kier molecular flexibility index (Phi) is 3.29. The molecule has 2 heterocycles. The van der Waals surface area contributed by atoms with Gasteiger partial charge >= 0.3 is 0 Å². The average molecular weight is 210 g/mol. The molecule has 0 bridgehead atoms. The highest BCUT2D eigenvalue weighted by atomic mass is 16.5. The maximum Gasteiger partial charge on any atom is 0.220 e. The van der Waals surface area contributed by atoms with Crippen molar-refractivity contribution < 1.29 is 9.53 Å². The normalized spacial score (nSPS) is 18.8. The van der Waals surface area contributed by atoms with Gasteiger partial charge in [-0.25, -0.2) is 4.68 Å². The minimum atomic E-state index is 0.0829. The van der Waals surface area contributed by atoms with Gasteiger partial charge < -0.3 is 10.1 Å². The number of carbonyl (C=O) groups excluding carboxylic acids is 1. The van der Waals surface area contributed by atoms with Crippen molar-refractivity contribution in [3.63, 3.8) is 0 Å². The van der Waals surface area contributed by atoms with Crippen LogP contribution in [0.4, 0.5) is 0 Å². The quantitative estimate of drug-likeness (QED) is 0.638. The van der Waals surface area contributed by atoms with Crippen LogP contribution in [0.15, 0.2) is 6.20 Å². The predicted molar refractivity (Wildman–Crippen MR) is 51.9 cm³/mol. The molecule has 0 aliphatic carbocycles. The molecule has 0 radical (unpaired) electrons. The van der Waals surface area contributed by atoms with Crippen molar-refractivity contribution >= 4 is 5.91 Å². The van der Waals surface area contributed by atoms with Crippen LogP contribution < -0.4 is 5.32 Å². The summed E-state index contributed by atoms with van der Waals surface area (Å²) in [5.41, 5.74) is 1.02. The Bertz CT molecular complexity index is 337. The third-order valence-corrected chi connectivity index (χ3v) is 2.32. The second-order valence-corrected chi connectivity index (χ2v) is 3.47. The van der Waals surface area contributed by atoms with Crippen LogP contribution in [0.2, 0.25) is 0 Å². The maximum atomic E-state index is 11.3. The number of hydrogen-bond donors (Lipinski definition) is 1. The van der Waals surface area contributed by atoms with E-state index >= 15 is 0 Å². The fourth-order valence-electron chi connectivity index (χ4n) is 1.51. The molecule has 0 aromatic carbocycles. The van der Waals surface area contributed by atoms with E-state index in [-0.39, 0.29) is 5.91 Å². The van der Waals surface area contributed by atoms with E-state index in [2.05, 4.69) is 15.6 Å². The van der Waals surface area contributed by atoms with Gasteiger partial charge in [-0.15, -0.1) is 5.10 Å². The summed E-state index contributed by atoms with van der Waals surface area (Å²) < 4.78 is 7.08. The van der Waals surface area contributed by atoms with Gasteiger partial charge in [0.2, 0.25) is 5.91 Å². The molecular weight excluding hydrogens is 196 g/mol. The molecule has 6 nitrogen and oxygen atoms in total.